The molecule has 1 aromatic heterocycles. The Balaban J connectivity index is 2.14. The number of Topliss-reactive ketones (excluding diaryl/α,β-unsaturated/α-hetero) is 1. The molecule has 1 aromatic rings. The second-order valence-corrected chi connectivity index (χ2v) is 8.15. The molecule has 1 rings (SSSR count). The topological polar surface area (TPSA) is 164 Å². The zero-order valence-corrected chi connectivity index (χ0v) is 16.3. The summed E-state index contributed by atoms with van der Waals surface area (Å²) in [6.45, 7) is 3.92. The Kier molecular flexibility index (Phi) is 9.54. The monoisotopic (exact) mass is 402 g/mol. The van der Waals surface area contributed by atoms with Crippen LogP contribution in [0.2, 0.25) is 0 Å². The fourth-order valence-electron chi connectivity index (χ4n) is 2.18. The summed E-state index contributed by atoms with van der Waals surface area (Å²) in [7, 11) is -3.82. The third kappa shape index (κ3) is 10.4. The van der Waals surface area contributed by atoms with Crippen LogP contribution in [-0.4, -0.2) is 58.9 Å². The van der Waals surface area contributed by atoms with Crippen LogP contribution < -0.4 is 10.0 Å². The van der Waals surface area contributed by atoms with Crippen LogP contribution in [0.1, 0.15) is 51.8 Å². The van der Waals surface area contributed by atoms with Gasteiger partial charge in [0.1, 0.15) is 5.78 Å². The van der Waals surface area contributed by atoms with Crippen LogP contribution in [0.25, 0.3) is 0 Å². The minimum absolute atomic E-state index is 0.0289. The van der Waals surface area contributed by atoms with Gasteiger partial charge in [0.25, 0.3) is 0 Å². The minimum Gasteiger partial charge on any atom is -0.356 e. The first kappa shape index (κ1) is 22.7. The molecule has 2 amide bonds. The molecule has 1 atom stereocenters. The summed E-state index contributed by atoms with van der Waals surface area (Å²) in [5.41, 5.74) is 0. The van der Waals surface area contributed by atoms with Gasteiger partial charge in [-0.2, -0.15) is 5.21 Å². The highest BCUT2D eigenvalue weighted by molar-refractivity contribution is 7.90. The maximum absolute atomic E-state index is 11.8. The Hall–Kier alpha value is -2.37. The molecule has 0 saturated carbocycles. The van der Waals surface area contributed by atoms with Crippen LogP contribution in [0.4, 0.5) is 0 Å². The number of amides is 2. The summed E-state index contributed by atoms with van der Waals surface area (Å²) in [5.74, 6) is -1.08. The fourth-order valence-corrected chi connectivity index (χ4v) is 3.22. The Bertz CT molecular complexity index is 719. The number of ketones is 1. The molecule has 0 spiro atoms. The summed E-state index contributed by atoms with van der Waals surface area (Å²) in [6, 6.07) is 0. The number of unbranched alkanes of at least 4 members (excludes halogenated alkanes) is 1. The van der Waals surface area contributed by atoms with Crippen molar-refractivity contribution in [1.29, 1.82) is 0 Å². The van der Waals surface area contributed by atoms with Crippen molar-refractivity contribution in [3.8, 4) is 0 Å². The second kappa shape index (κ2) is 11.4. The molecule has 152 valence electrons. The van der Waals surface area contributed by atoms with Crippen LogP contribution in [0.3, 0.4) is 0 Å². The van der Waals surface area contributed by atoms with Crippen LogP contribution in [0.5, 0.6) is 0 Å². The first-order valence-electron chi connectivity index (χ1n) is 8.72. The van der Waals surface area contributed by atoms with Crippen LogP contribution in [0.15, 0.2) is 0 Å². The maximum atomic E-state index is 11.8. The lowest BCUT2D eigenvalue weighted by molar-refractivity contribution is -0.121. The quantitative estimate of drug-likeness (QED) is 0.371. The number of aromatic amines is 1. The molecule has 27 heavy (non-hydrogen) atoms. The molecule has 0 bridgehead atoms. The number of carbonyl (C=O) groups is 3. The standard InChI is InChI=1S/C15H26N6O5S/c1-11(12(2)22)6-3-4-8-16-14(23)7-5-9-27(25,26)19-15(24)10-13-17-20-21-18-13/h11H,3-10H2,1-2H3,(H,16,23)(H,19,24)(H,17,18,20,21)/t11-/m0/s1. The van der Waals surface area contributed by atoms with E-state index >= 15 is 0 Å². The van der Waals surface area contributed by atoms with Crippen molar-refractivity contribution in [2.75, 3.05) is 12.3 Å². The van der Waals surface area contributed by atoms with Crippen molar-refractivity contribution in [3.05, 3.63) is 5.82 Å². The van der Waals surface area contributed by atoms with Crippen molar-refractivity contribution in [1.82, 2.24) is 30.7 Å². The predicted octanol–water partition coefficient (Wildman–Crippen LogP) is -0.520. The van der Waals surface area contributed by atoms with Gasteiger partial charge in [0.2, 0.25) is 21.8 Å². The average molecular weight is 402 g/mol. The highest BCUT2D eigenvalue weighted by Crippen LogP contribution is 2.08. The fraction of sp³-hybridized carbons (Fsp3) is 0.733. The molecule has 0 aliphatic heterocycles. The van der Waals surface area contributed by atoms with E-state index in [0.717, 1.165) is 19.3 Å². The molecule has 0 unspecified atom stereocenters. The van der Waals surface area contributed by atoms with Gasteiger partial charge in [-0.3, -0.25) is 19.1 Å². The van der Waals surface area contributed by atoms with E-state index in [2.05, 4.69) is 25.9 Å². The molecule has 0 fully saturated rings. The zero-order chi connectivity index (χ0) is 20.3. The van der Waals surface area contributed by atoms with E-state index in [4.69, 9.17) is 0 Å². The number of rotatable bonds is 13. The van der Waals surface area contributed by atoms with Gasteiger partial charge in [-0.25, -0.2) is 8.42 Å². The summed E-state index contributed by atoms with van der Waals surface area (Å²) in [6.07, 6.45) is 2.21. The number of nitrogens with one attached hydrogen (secondary N) is 3. The third-order valence-corrected chi connectivity index (χ3v) is 5.24. The van der Waals surface area contributed by atoms with Gasteiger partial charge in [0.15, 0.2) is 5.82 Å². The largest absolute Gasteiger partial charge is 0.356 e. The van der Waals surface area contributed by atoms with Gasteiger partial charge in [-0.05, 0) is 26.2 Å². The molecule has 11 nitrogen and oxygen atoms in total. The molecule has 0 aromatic carbocycles. The van der Waals surface area contributed by atoms with E-state index in [1.807, 2.05) is 11.6 Å². The van der Waals surface area contributed by atoms with Crippen molar-refractivity contribution in [3.63, 3.8) is 0 Å². The number of aromatic nitrogens is 4. The van der Waals surface area contributed by atoms with E-state index < -0.39 is 15.9 Å². The lowest BCUT2D eigenvalue weighted by atomic mass is 10.0. The zero-order valence-electron chi connectivity index (χ0n) is 15.5. The Morgan fingerprint density at radius 2 is 1.89 bits per heavy atom. The van der Waals surface area contributed by atoms with Gasteiger partial charge in [0, 0.05) is 18.9 Å². The molecule has 0 radical (unpaired) electrons. The van der Waals surface area contributed by atoms with Gasteiger partial charge < -0.3 is 5.32 Å². The Labute approximate surface area is 158 Å². The van der Waals surface area contributed by atoms with E-state index in [-0.39, 0.29) is 48.4 Å². The molecule has 0 aliphatic carbocycles. The first-order valence-corrected chi connectivity index (χ1v) is 10.4. The van der Waals surface area contributed by atoms with Crippen molar-refractivity contribution >= 4 is 27.6 Å². The molecule has 1 heterocycles. The number of hydrogen-bond donors (Lipinski definition) is 3. The van der Waals surface area contributed by atoms with Crippen molar-refractivity contribution in [2.45, 2.75) is 52.4 Å². The van der Waals surface area contributed by atoms with Gasteiger partial charge in [0.05, 0.1) is 12.2 Å². The Morgan fingerprint density at radius 3 is 2.52 bits per heavy atom. The highest BCUT2D eigenvalue weighted by Gasteiger charge is 2.17. The summed E-state index contributed by atoms with van der Waals surface area (Å²) in [4.78, 5) is 34.4. The normalized spacial score (nSPS) is 12.4. The minimum atomic E-state index is -3.82. The van der Waals surface area contributed by atoms with Crippen LogP contribution in [0, 0.1) is 5.92 Å². The predicted molar refractivity (Wildman–Crippen MR) is 95.8 cm³/mol. The number of hydrogen-bond acceptors (Lipinski definition) is 8. The maximum Gasteiger partial charge on any atom is 0.241 e. The molecule has 3 N–H and O–H groups in total. The van der Waals surface area contributed by atoms with Crippen molar-refractivity contribution in [2.24, 2.45) is 5.92 Å². The molecule has 12 heteroatoms. The molecular weight excluding hydrogens is 376 g/mol. The Morgan fingerprint density at radius 1 is 1.15 bits per heavy atom. The van der Waals surface area contributed by atoms with Crippen LogP contribution >= 0.6 is 0 Å². The number of carbonyl (C=O) groups excluding carboxylic acids is 3. The lowest BCUT2D eigenvalue weighted by Gasteiger charge is -2.08. The van der Waals surface area contributed by atoms with Crippen LogP contribution in [-0.2, 0) is 30.8 Å². The van der Waals surface area contributed by atoms with Gasteiger partial charge >= 0.3 is 0 Å². The average Bonchev–Trinajstić information content (AvgIpc) is 3.06. The number of nitrogens with zero attached hydrogens (tertiary/aromatic N) is 3. The van der Waals surface area contributed by atoms with Crippen molar-refractivity contribution < 1.29 is 22.8 Å². The lowest BCUT2D eigenvalue weighted by Crippen LogP contribution is -2.34. The second-order valence-electron chi connectivity index (χ2n) is 6.31. The summed E-state index contributed by atoms with van der Waals surface area (Å²) < 4.78 is 25.5. The highest BCUT2D eigenvalue weighted by atomic mass is 32.2. The number of H-pyrrole nitrogens is 1. The molecule has 0 aliphatic rings. The molecular formula is C15H26N6O5S. The SMILES string of the molecule is CC(=O)[C@@H](C)CCCCNC(=O)CCCS(=O)(=O)NC(=O)Cc1nn[nH]n1. The van der Waals surface area contributed by atoms with E-state index in [0.29, 0.717) is 6.54 Å². The number of tetrazole rings is 1. The van der Waals surface area contributed by atoms with Gasteiger partial charge in [-0.15, -0.1) is 10.2 Å². The summed E-state index contributed by atoms with van der Waals surface area (Å²) >= 11 is 0. The smallest absolute Gasteiger partial charge is 0.241 e. The van der Waals surface area contributed by atoms with E-state index in [1.165, 1.54) is 0 Å². The third-order valence-electron chi connectivity index (χ3n) is 3.87. The number of sulfonamides is 1. The molecule has 0 saturated heterocycles. The van der Waals surface area contributed by atoms with E-state index in [1.54, 1.807) is 6.92 Å². The van der Waals surface area contributed by atoms with Gasteiger partial charge in [-0.1, -0.05) is 18.6 Å². The first-order chi connectivity index (χ1) is 12.7. The van der Waals surface area contributed by atoms with E-state index in [9.17, 15) is 22.8 Å². The summed E-state index contributed by atoms with van der Waals surface area (Å²) in [5, 5.41) is 15.3.